The fourth-order valence-corrected chi connectivity index (χ4v) is 2.73. The Morgan fingerprint density at radius 1 is 1.06 bits per heavy atom. The minimum Gasteiger partial charge on any atom is -0.497 e. The lowest BCUT2D eigenvalue weighted by Gasteiger charge is -2.19. The van der Waals surface area contributed by atoms with Crippen molar-refractivity contribution in [1.29, 1.82) is 0 Å². The van der Waals surface area contributed by atoms with E-state index in [4.69, 9.17) is 24.5 Å². The molecule has 2 aromatic rings. The Kier molecular flexibility index (Phi) is 9.34. The van der Waals surface area contributed by atoms with E-state index in [-0.39, 0.29) is 19.6 Å². The largest absolute Gasteiger partial charge is 0.497 e. The topological polar surface area (TPSA) is 126 Å². The van der Waals surface area contributed by atoms with Crippen molar-refractivity contribution in [3.8, 4) is 11.5 Å². The maximum absolute atomic E-state index is 12.5. The summed E-state index contributed by atoms with van der Waals surface area (Å²) >= 11 is 0. The van der Waals surface area contributed by atoms with E-state index in [1.165, 1.54) is 11.6 Å². The number of hydroxylamine groups is 1. The highest BCUT2D eigenvalue weighted by atomic mass is 16.6. The van der Waals surface area contributed by atoms with Crippen LogP contribution in [-0.4, -0.2) is 42.6 Å². The quantitative estimate of drug-likeness (QED) is 0.259. The molecule has 0 unspecified atom stereocenters. The monoisotopic (exact) mass is 430 g/mol. The van der Waals surface area contributed by atoms with E-state index in [1.54, 1.807) is 62.6 Å². The Morgan fingerprint density at radius 3 is 2.29 bits per heavy atom. The molecular formula is C22H26N2O7. The smallest absolute Gasteiger partial charge is 0.412 e. The highest BCUT2D eigenvalue weighted by molar-refractivity contribution is 5.87. The summed E-state index contributed by atoms with van der Waals surface area (Å²) in [5.74, 6) is 0.543. The Hall–Kier alpha value is -3.56. The number of rotatable bonds is 10. The van der Waals surface area contributed by atoms with E-state index in [1.807, 2.05) is 0 Å². The number of anilines is 1. The third-order valence-electron chi connectivity index (χ3n) is 4.19. The molecule has 0 aromatic heterocycles. The number of aliphatic hydroxyl groups is 1. The molecule has 9 heteroatoms. The summed E-state index contributed by atoms with van der Waals surface area (Å²) in [5.41, 5.74) is 3.34. The average Bonchev–Trinajstić information content (AvgIpc) is 2.78. The normalized spacial score (nSPS) is 11.9. The molecule has 0 aliphatic carbocycles. The van der Waals surface area contributed by atoms with Crippen molar-refractivity contribution >= 4 is 17.7 Å². The van der Waals surface area contributed by atoms with Crippen molar-refractivity contribution < 1.29 is 34.1 Å². The van der Waals surface area contributed by atoms with Gasteiger partial charge in [-0.15, -0.1) is 0 Å². The van der Waals surface area contributed by atoms with Gasteiger partial charge in [-0.1, -0.05) is 17.7 Å². The Bertz CT molecular complexity index is 880. The minimum atomic E-state index is -0.701. The van der Waals surface area contributed by atoms with Crippen molar-refractivity contribution in [3.63, 3.8) is 0 Å². The predicted octanol–water partition coefficient (Wildman–Crippen LogP) is 3.20. The van der Waals surface area contributed by atoms with Crippen LogP contribution in [-0.2, 0) is 9.53 Å². The molecule has 2 aromatic carbocycles. The molecule has 0 fully saturated rings. The van der Waals surface area contributed by atoms with Crippen LogP contribution in [0.15, 0.2) is 60.2 Å². The summed E-state index contributed by atoms with van der Waals surface area (Å²) in [7, 11) is 1.55. The Balaban J connectivity index is 2.14. The number of hydrogen-bond acceptors (Lipinski definition) is 7. The van der Waals surface area contributed by atoms with Gasteiger partial charge in [0.1, 0.15) is 24.2 Å². The molecule has 0 bridgehead atoms. The second-order valence-electron chi connectivity index (χ2n) is 6.56. The van der Waals surface area contributed by atoms with Gasteiger partial charge in [-0.2, -0.15) is 0 Å². The van der Waals surface area contributed by atoms with Gasteiger partial charge in [0.2, 0.25) is 0 Å². The van der Waals surface area contributed by atoms with Crippen LogP contribution in [0.3, 0.4) is 0 Å². The first-order valence-corrected chi connectivity index (χ1v) is 9.51. The number of ether oxygens (including phenoxy) is 3. The molecule has 0 heterocycles. The van der Waals surface area contributed by atoms with Crippen LogP contribution in [0.1, 0.15) is 25.0 Å². The number of nitrogens with one attached hydrogen (secondary N) is 2. The zero-order valence-corrected chi connectivity index (χ0v) is 17.3. The van der Waals surface area contributed by atoms with E-state index in [0.29, 0.717) is 28.3 Å². The minimum absolute atomic E-state index is 0.101. The number of methoxy groups -OCH3 is 1. The van der Waals surface area contributed by atoms with Crippen molar-refractivity contribution in [2.24, 2.45) is 0 Å². The molecule has 4 N–H and O–H groups in total. The molecule has 2 amide bonds. The van der Waals surface area contributed by atoms with Gasteiger partial charge in [0.25, 0.3) is 5.91 Å². The molecule has 31 heavy (non-hydrogen) atoms. The molecule has 2 rings (SSSR count). The second-order valence-corrected chi connectivity index (χ2v) is 6.56. The van der Waals surface area contributed by atoms with Gasteiger partial charge in [-0.25, -0.2) is 10.3 Å². The first-order chi connectivity index (χ1) is 14.9. The highest BCUT2D eigenvalue weighted by Gasteiger charge is 2.18. The van der Waals surface area contributed by atoms with Crippen molar-refractivity contribution in [1.82, 2.24) is 5.48 Å². The Morgan fingerprint density at radius 2 is 1.71 bits per heavy atom. The van der Waals surface area contributed by atoms with Gasteiger partial charge in [-0.3, -0.25) is 15.3 Å². The summed E-state index contributed by atoms with van der Waals surface area (Å²) in [6.07, 6.45) is 0.0691. The van der Waals surface area contributed by atoms with E-state index < -0.39 is 18.1 Å². The lowest BCUT2D eigenvalue weighted by Crippen LogP contribution is -2.19. The van der Waals surface area contributed by atoms with Gasteiger partial charge >= 0.3 is 6.09 Å². The lowest BCUT2D eigenvalue weighted by molar-refractivity contribution is -0.124. The van der Waals surface area contributed by atoms with Crippen molar-refractivity contribution in [2.75, 3.05) is 25.6 Å². The highest BCUT2D eigenvalue weighted by Crippen LogP contribution is 2.27. The fourth-order valence-electron chi connectivity index (χ4n) is 2.73. The summed E-state index contributed by atoms with van der Waals surface area (Å²) in [6.45, 7) is 1.75. The third-order valence-corrected chi connectivity index (χ3v) is 4.19. The number of amides is 2. The molecule has 0 saturated heterocycles. The second kappa shape index (κ2) is 12.2. The third kappa shape index (κ3) is 8.00. The summed E-state index contributed by atoms with van der Waals surface area (Å²) in [6, 6.07) is 13.6. The van der Waals surface area contributed by atoms with E-state index >= 15 is 0 Å². The van der Waals surface area contributed by atoms with Gasteiger partial charge in [0.15, 0.2) is 0 Å². The zero-order chi connectivity index (χ0) is 22.6. The maximum Gasteiger partial charge on any atom is 0.412 e. The van der Waals surface area contributed by atoms with E-state index in [9.17, 15) is 9.59 Å². The summed E-state index contributed by atoms with van der Waals surface area (Å²) in [4.78, 5) is 23.9. The SMILES string of the molecule is COc1ccc(NC(=O)O[C@H](C/C(C)=C/C(=O)NO)c2ccc(OCCO)cc2)cc1. The van der Waals surface area contributed by atoms with Crippen LogP contribution >= 0.6 is 0 Å². The average molecular weight is 430 g/mol. The van der Waals surface area contributed by atoms with Crippen LogP contribution < -0.4 is 20.3 Å². The zero-order valence-electron chi connectivity index (χ0n) is 17.3. The van der Waals surface area contributed by atoms with Crippen LogP contribution in [0, 0.1) is 0 Å². The van der Waals surface area contributed by atoms with E-state index in [0.717, 1.165) is 0 Å². The number of carbonyl (C=O) groups is 2. The number of carbonyl (C=O) groups excluding carboxylic acids is 2. The predicted molar refractivity (Wildman–Crippen MR) is 113 cm³/mol. The Labute approximate surface area is 180 Å². The summed E-state index contributed by atoms with van der Waals surface area (Å²) in [5, 5.41) is 20.2. The van der Waals surface area contributed by atoms with Crippen LogP contribution in [0.2, 0.25) is 0 Å². The van der Waals surface area contributed by atoms with Crippen molar-refractivity contribution in [2.45, 2.75) is 19.4 Å². The van der Waals surface area contributed by atoms with Crippen LogP contribution in [0.5, 0.6) is 11.5 Å². The lowest BCUT2D eigenvalue weighted by atomic mass is 10.0. The molecule has 0 saturated carbocycles. The molecule has 1 atom stereocenters. The molecule has 9 nitrogen and oxygen atoms in total. The van der Waals surface area contributed by atoms with Gasteiger partial charge in [-0.05, 0) is 48.9 Å². The standard InChI is InChI=1S/C22H26N2O7/c1-15(14-21(26)24-28)13-20(16-3-7-19(8-4-16)30-12-11-25)31-22(27)23-17-5-9-18(29-2)10-6-17/h3-10,14,20,25,28H,11-13H2,1-2H3,(H,23,27)(H,24,26)/b15-14+/t20-/m1/s1. The molecule has 166 valence electrons. The fraction of sp³-hybridized carbons (Fsp3) is 0.273. The molecule has 0 aliphatic heterocycles. The number of hydrogen-bond donors (Lipinski definition) is 4. The van der Waals surface area contributed by atoms with Crippen LogP contribution in [0.25, 0.3) is 0 Å². The molecular weight excluding hydrogens is 404 g/mol. The molecule has 0 aliphatic rings. The number of benzene rings is 2. The van der Waals surface area contributed by atoms with Gasteiger partial charge < -0.3 is 19.3 Å². The van der Waals surface area contributed by atoms with Crippen molar-refractivity contribution in [3.05, 3.63) is 65.7 Å². The maximum atomic E-state index is 12.5. The van der Waals surface area contributed by atoms with Crippen LogP contribution in [0.4, 0.5) is 10.5 Å². The molecule has 0 radical (unpaired) electrons. The summed E-state index contributed by atoms with van der Waals surface area (Å²) < 4.78 is 16.0. The number of aliphatic hydroxyl groups excluding tert-OH is 1. The molecule has 0 spiro atoms. The first kappa shape index (κ1) is 23.7. The first-order valence-electron chi connectivity index (χ1n) is 9.51. The van der Waals surface area contributed by atoms with Gasteiger partial charge in [0, 0.05) is 18.2 Å². The van der Waals surface area contributed by atoms with E-state index in [2.05, 4.69) is 5.32 Å². The van der Waals surface area contributed by atoms with Gasteiger partial charge in [0.05, 0.1) is 13.7 Å².